The topological polar surface area (TPSA) is 75.6 Å². The van der Waals surface area contributed by atoms with E-state index in [9.17, 15) is 14.0 Å². The van der Waals surface area contributed by atoms with Crippen molar-refractivity contribution in [3.63, 3.8) is 0 Å². The predicted octanol–water partition coefficient (Wildman–Crippen LogP) is 1.74. The summed E-state index contributed by atoms with van der Waals surface area (Å²) in [6, 6.07) is 3.30. The van der Waals surface area contributed by atoms with Crippen LogP contribution in [0.25, 0.3) is 0 Å². The van der Waals surface area contributed by atoms with Crippen LogP contribution in [-0.4, -0.2) is 30.7 Å². The number of carboxylic acid groups (broad SMARTS) is 1. The second-order valence-corrected chi connectivity index (χ2v) is 3.85. The van der Waals surface area contributed by atoms with Crippen LogP contribution in [0.3, 0.4) is 0 Å². The van der Waals surface area contributed by atoms with Crippen molar-refractivity contribution in [3.8, 4) is 0 Å². The lowest BCUT2D eigenvalue weighted by Gasteiger charge is -2.11. The van der Waals surface area contributed by atoms with Crippen LogP contribution < -0.4 is 5.32 Å². The van der Waals surface area contributed by atoms with Gasteiger partial charge >= 0.3 is 5.97 Å². The van der Waals surface area contributed by atoms with Gasteiger partial charge in [0.25, 0.3) is 0 Å². The number of amides is 1. The van der Waals surface area contributed by atoms with Crippen molar-refractivity contribution >= 4 is 17.6 Å². The van der Waals surface area contributed by atoms with Crippen LogP contribution in [0, 0.1) is 11.7 Å². The molecule has 1 atom stereocenters. The quantitative estimate of drug-likeness (QED) is 0.840. The first-order valence-corrected chi connectivity index (χ1v) is 5.28. The summed E-state index contributed by atoms with van der Waals surface area (Å²) in [5.74, 6) is -2.82. The normalized spacial score (nSPS) is 11.9. The highest BCUT2D eigenvalue weighted by Crippen LogP contribution is 2.16. The van der Waals surface area contributed by atoms with Gasteiger partial charge in [0, 0.05) is 7.11 Å². The molecule has 98 valence electrons. The minimum atomic E-state index is -1.22. The summed E-state index contributed by atoms with van der Waals surface area (Å²) < 4.78 is 18.3. The highest BCUT2D eigenvalue weighted by Gasteiger charge is 2.15. The molecule has 0 spiro atoms. The third-order valence-corrected chi connectivity index (χ3v) is 2.34. The van der Waals surface area contributed by atoms with E-state index < -0.39 is 17.7 Å². The lowest BCUT2D eigenvalue weighted by atomic mass is 10.1. The molecule has 18 heavy (non-hydrogen) atoms. The van der Waals surface area contributed by atoms with Crippen molar-refractivity contribution in [2.45, 2.75) is 6.92 Å². The number of rotatable bonds is 5. The molecule has 0 fully saturated rings. The first-order valence-electron chi connectivity index (χ1n) is 5.28. The molecule has 0 radical (unpaired) electrons. The summed E-state index contributed by atoms with van der Waals surface area (Å²) in [7, 11) is 1.46. The second-order valence-electron chi connectivity index (χ2n) is 3.85. The van der Waals surface area contributed by atoms with E-state index in [1.807, 2.05) is 0 Å². The summed E-state index contributed by atoms with van der Waals surface area (Å²) in [6.45, 7) is 1.86. The molecular weight excluding hydrogens is 241 g/mol. The molecule has 5 nitrogen and oxygen atoms in total. The van der Waals surface area contributed by atoms with Crippen LogP contribution in [0.1, 0.15) is 17.3 Å². The number of carboxylic acids is 1. The van der Waals surface area contributed by atoms with Gasteiger partial charge in [0.2, 0.25) is 5.91 Å². The van der Waals surface area contributed by atoms with E-state index >= 15 is 0 Å². The summed E-state index contributed by atoms with van der Waals surface area (Å²) >= 11 is 0. The van der Waals surface area contributed by atoms with Crippen molar-refractivity contribution in [2.75, 3.05) is 19.0 Å². The number of carbonyl (C=O) groups is 2. The molecule has 0 bridgehead atoms. The van der Waals surface area contributed by atoms with Crippen LogP contribution in [0.15, 0.2) is 18.2 Å². The largest absolute Gasteiger partial charge is 0.478 e. The Morgan fingerprint density at radius 3 is 2.67 bits per heavy atom. The van der Waals surface area contributed by atoms with Crippen molar-refractivity contribution in [3.05, 3.63) is 29.6 Å². The average molecular weight is 255 g/mol. The number of carbonyl (C=O) groups excluding carboxylic acids is 1. The number of nitrogens with one attached hydrogen (secondary N) is 1. The Morgan fingerprint density at radius 2 is 2.17 bits per heavy atom. The summed E-state index contributed by atoms with van der Waals surface area (Å²) in [4.78, 5) is 22.2. The van der Waals surface area contributed by atoms with Crippen LogP contribution >= 0.6 is 0 Å². The van der Waals surface area contributed by atoms with E-state index in [2.05, 4.69) is 5.32 Å². The van der Waals surface area contributed by atoms with Crippen molar-refractivity contribution in [2.24, 2.45) is 5.92 Å². The number of hydrogen-bond acceptors (Lipinski definition) is 3. The van der Waals surface area contributed by atoms with Gasteiger partial charge < -0.3 is 15.2 Å². The van der Waals surface area contributed by atoms with Crippen LogP contribution in [0.5, 0.6) is 0 Å². The third-order valence-electron chi connectivity index (χ3n) is 2.34. The minimum Gasteiger partial charge on any atom is -0.478 e. The molecule has 0 aliphatic carbocycles. The zero-order valence-electron chi connectivity index (χ0n) is 10.1. The molecule has 1 rings (SSSR count). The van der Waals surface area contributed by atoms with Crippen LogP contribution in [0.2, 0.25) is 0 Å². The average Bonchev–Trinajstić information content (AvgIpc) is 2.31. The van der Waals surface area contributed by atoms with E-state index in [-0.39, 0.29) is 23.8 Å². The Labute approximate surface area is 104 Å². The number of hydrogen-bond donors (Lipinski definition) is 2. The van der Waals surface area contributed by atoms with E-state index in [1.54, 1.807) is 6.92 Å². The van der Waals surface area contributed by atoms with Gasteiger partial charge in [-0.15, -0.1) is 0 Å². The van der Waals surface area contributed by atoms with Gasteiger partial charge in [-0.25, -0.2) is 9.18 Å². The Bertz CT molecular complexity index is 461. The number of ether oxygens (including phenoxy) is 1. The SMILES string of the molecule is COCC(C)C(=O)Nc1ccc(C(=O)O)cc1F. The zero-order valence-corrected chi connectivity index (χ0v) is 10.1. The Kier molecular flexibility index (Phi) is 4.79. The lowest BCUT2D eigenvalue weighted by molar-refractivity contribution is -0.120. The Balaban J connectivity index is 2.79. The van der Waals surface area contributed by atoms with Gasteiger partial charge in [0.1, 0.15) is 5.82 Å². The maximum atomic E-state index is 13.5. The Hall–Kier alpha value is -1.95. The van der Waals surface area contributed by atoms with E-state index in [0.29, 0.717) is 0 Å². The summed E-state index contributed by atoms with van der Waals surface area (Å²) in [5.41, 5.74) is -0.219. The molecule has 0 aliphatic rings. The monoisotopic (exact) mass is 255 g/mol. The molecule has 0 saturated carbocycles. The predicted molar refractivity (Wildman–Crippen MR) is 63.0 cm³/mol. The maximum Gasteiger partial charge on any atom is 0.335 e. The first kappa shape index (κ1) is 14.1. The first-order chi connectivity index (χ1) is 8.45. The molecule has 1 amide bonds. The fraction of sp³-hybridized carbons (Fsp3) is 0.333. The van der Waals surface area contributed by atoms with E-state index in [4.69, 9.17) is 9.84 Å². The second kappa shape index (κ2) is 6.11. The molecule has 1 unspecified atom stereocenters. The molecular formula is C12H14FNO4. The van der Waals surface area contributed by atoms with Crippen LogP contribution in [-0.2, 0) is 9.53 Å². The van der Waals surface area contributed by atoms with E-state index in [1.165, 1.54) is 19.2 Å². The number of anilines is 1. The highest BCUT2D eigenvalue weighted by molar-refractivity contribution is 5.93. The van der Waals surface area contributed by atoms with Gasteiger partial charge in [0.15, 0.2) is 0 Å². The molecule has 1 aromatic carbocycles. The molecule has 0 aliphatic heterocycles. The number of benzene rings is 1. The summed E-state index contributed by atoms with van der Waals surface area (Å²) in [5, 5.41) is 11.0. The van der Waals surface area contributed by atoms with Gasteiger partial charge in [-0.05, 0) is 18.2 Å². The van der Waals surface area contributed by atoms with Crippen LogP contribution in [0.4, 0.5) is 10.1 Å². The van der Waals surface area contributed by atoms with Crippen molar-refractivity contribution in [1.29, 1.82) is 0 Å². The van der Waals surface area contributed by atoms with Gasteiger partial charge in [-0.2, -0.15) is 0 Å². The lowest BCUT2D eigenvalue weighted by Crippen LogP contribution is -2.24. The number of methoxy groups -OCH3 is 1. The van der Waals surface area contributed by atoms with Gasteiger partial charge in [0.05, 0.1) is 23.8 Å². The molecule has 0 heterocycles. The fourth-order valence-corrected chi connectivity index (χ4v) is 1.33. The molecule has 0 aromatic heterocycles. The molecule has 6 heteroatoms. The summed E-state index contributed by atoms with van der Waals surface area (Å²) in [6.07, 6.45) is 0. The number of halogens is 1. The van der Waals surface area contributed by atoms with Crippen molar-refractivity contribution in [1.82, 2.24) is 0 Å². The maximum absolute atomic E-state index is 13.5. The van der Waals surface area contributed by atoms with Gasteiger partial charge in [-0.3, -0.25) is 4.79 Å². The standard InChI is InChI=1S/C12H14FNO4/c1-7(6-18-2)11(15)14-10-4-3-8(12(16)17)5-9(10)13/h3-5,7H,6H2,1-2H3,(H,14,15)(H,16,17). The smallest absolute Gasteiger partial charge is 0.335 e. The van der Waals surface area contributed by atoms with Crippen molar-refractivity contribution < 1.29 is 23.8 Å². The Morgan fingerprint density at radius 1 is 1.50 bits per heavy atom. The third kappa shape index (κ3) is 3.53. The highest BCUT2D eigenvalue weighted by atomic mass is 19.1. The van der Waals surface area contributed by atoms with E-state index in [0.717, 1.165) is 6.07 Å². The zero-order chi connectivity index (χ0) is 13.7. The molecule has 2 N–H and O–H groups in total. The molecule has 1 aromatic rings. The minimum absolute atomic E-state index is 0.0482. The fourth-order valence-electron chi connectivity index (χ4n) is 1.33. The van der Waals surface area contributed by atoms with Gasteiger partial charge in [-0.1, -0.05) is 6.92 Å². The molecule has 0 saturated heterocycles. The number of aromatic carboxylic acids is 1.